The van der Waals surface area contributed by atoms with E-state index in [1.165, 1.54) is 0 Å². The first-order valence-electron chi connectivity index (χ1n) is 11.1. The summed E-state index contributed by atoms with van der Waals surface area (Å²) in [5.41, 5.74) is 3.13. The Hall–Kier alpha value is -3.44. The molecule has 3 aromatic carbocycles. The number of amides is 2. The molecule has 0 bridgehead atoms. The molecular formula is C27H28N2O3. The van der Waals surface area contributed by atoms with Crippen molar-refractivity contribution in [1.29, 1.82) is 0 Å². The molecule has 3 aromatic rings. The molecule has 1 saturated heterocycles. The number of carbonyl (C=O) groups excluding carboxylic acids is 2. The van der Waals surface area contributed by atoms with Crippen molar-refractivity contribution in [3.05, 3.63) is 102 Å². The number of hydrogen-bond donors (Lipinski definition) is 2. The van der Waals surface area contributed by atoms with Crippen molar-refractivity contribution >= 4 is 17.5 Å². The summed E-state index contributed by atoms with van der Waals surface area (Å²) in [6, 6.07) is 27.1. The van der Waals surface area contributed by atoms with E-state index in [9.17, 15) is 9.59 Å². The largest absolute Gasteiger partial charge is 0.376 e. The molecule has 1 aliphatic heterocycles. The molecule has 1 heterocycles. The molecule has 4 rings (SSSR count). The minimum absolute atomic E-state index is 0.0678. The highest BCUT2D eigenvalue weighted by molar-refractivity contribution is 6.03. The zero-order chi connectivity index (χ0) is 22.2. The first-order chi connectivity index (χ1) is 15.7. The van der Waals surface area contributed by atoms with Crippen molar-refractivity contribution in [1.82, 2.24) is 5.32 Å². The van der Waals surface area contributed by atoms with E-state index < -0.39 is 0 Å². The summed E-state index contributed by atoms with van der Waals surface area (Å²) in [4.78, 5) is 25.8. The zero-order valence-corrected chi connectivity index (χ0v) is 18.0. The Morgan fingerprint density at radius 2 is 1.50 bits per heavy atom. The van der Waals surface area contributed by atoms with Crippen molar-refractivity contribution < 1.29 is 14.3 Å². The number of para-hydroxylation sites is 1. The Kier molecular flexibility index (Phi) is 7.31. The highest BCUT2D eigenvalue weighted by atomic mass is 16.5. The molecule has 32 heavy (non-hydrogen) atoms. The fourth-order valence-electron chi connectivity index (χ4n) is 4.08. The zero-order valence-electron chi connectivity index (χ0n) is 18.0. The number of anilines is 1. The van der Waals surface area contributed by atoms with E-state index in [0.29, 0.717) is 17.8 Å². The minimum Gasteiger partial charge on any atom is -0.376 e. The van der Waals surface area contributed by atoms with Crippen molar-refractivity contribution in [3.63, 3.8) is 0 Å². The summed E-state index contributed by atoms with van der Waals surface area (Å²) < 4.78 is 5.58. The normalized spacial score (nSPS) is 15.5. The fourth-order valence-corrected chi connectivity index (χ4v) is 4.08. The second kappa shape index (κ2) is 10.7. The first kappa shape index (κ1) is 21.8. The second-order valence-electron chi connectivity index (χ2n) is 8.02. The topological polar surface area (TPSA) is 67.4 Å². The molecule has 0 radical (unpaired) electrons. The van der Waals surface area contributed by atoms with Crippen LogP contribution in [0.3, 0.4) is 0 Å². The van der Waals surface area contributed by atoms with Gasteiger partial charge >= 0.3 is 0 Å². The average Bonchev–Trinajstić information content (AvgIpc) is 3.36. The number of nitrogens with one attached hydrogen (secondary N) is 2. The van der Waals surface area contributed by atoms with Gasteiger partial charge in [-0.3, -0.25) is 9.59 Å². The van der Waals surface area contributed by atoms with Gasteiger partial charge in [0.25, 0.3) is 5.91 Å². The van der Waals surface area contributed by atoms with Crippen LogP contribution in [-0.2, 0) is 9.53 Å². The molecule has 1 atom stereocenters. The number of rotatable bonds is 8. The molecular weight excluding hydrogens is 400 g/mol. The molecule has 1 fully saturated rings. The summed E-state index contributed by atoms with van der Waals surface area (Å²) in [7, 11) is 0. The number of hydrogen-bond acceptors (Lipinski definition) is 3. The third kappa shape index (κ3) is 5.62. The minimum atomic E-state index is -0.209. The van der Waals surface area contributed by atoms with E-state index >= 15 is 0 Å². The maximum absolute atomic E-state index is 13.0. The quantitative estimate of drug-likeness (QED) is 0.544. The molecule has 2 amide bonds. The summed E-state index contributed by atoms with van der Waals surface area (Å²) >= 11 is 0. The van der Waals surface area contributed by atoms with Gasteiger partial charge in [0.15, 0.2) is 0 Å². The van der Waals surface area contributed by atoms with E-state index in [-0.39, 0.29) is 30.3 Å². The standard InChI is InChI=1S/C27H28N2O3/c30-26(18-24(20-10-3-1-4-11-20)21-12-5-2-6-13-21)29-25-16-8-7-15-23(25)27(31)28-19-22-14-9-17-32-22/h1-8,10-13,15-16,22,24H,9,14,17-19H2,(H,28,31)(H,29,30). The van der Waals surface area contributed by atoms with Crippen molar-refractivity contribution in [3.8, 4) is 0 Å². The van der Waals surface area contributed by atoms with E-state index in [4.69, 9.17) is 4.74 Å². The smallest absolute Gasteiger partial charge is 0.253 e. The van der Waals surface area contributed by atoms with Crippen LogP contribution in [-0.4, -0.2) is 31.1 Å². The van der Waals surface area contributed by atoms with Crippen LogP contribution in [0.25, 0.3) is 0 Å². The van der Waals surface area contributed by atoms with Gasteiger partial charge in [0.05, 0.1) is 17.4 Å². The van der Waals surface area contributed by atoms with Crippen LogP contribution in [0.5, 0.6) is 0 Å². The van der Waals surface area contributed by atoms with Crippen molar-refractivity contribution in [2.75, 3.05) is 18.5 Å². The molecule has 0 saturated carbocycles. The van der Waals surface area contributed by atoms with Gasteiger partial charge in [-0.25, -0.2) is 0 Å². The van der Waals surface area contributed by atoms with Crippen molar-refractivity contribution in [2.24, 2.45) is 0 Å². The van der Waals surface area contributed by atoms with Gasteiger partial charge in [0, 0.05) is 25.5 Å². The molecule has 1 aliphatic rings. The van der Waals surface area contributed by atoms with E-state index in [2.05, 4.69) is 10.6 Å². The third-order valence-electron chi connectivity index (χ3n) is 5.75. The Morgan fingerprint density at radius 1 is 0.875 bits per heavy atom. The summed E-state index contributed by atoms with van der Waals surface area (Å²) in [5, 5.41) is 5.89. The summed E-state index contributed by atoms with van der Waals surface area (Å²) in [6.07, 6.45) is 2.33. The highest BCUT2D eigenvalue weighted by Gasteiger charge is 2.21. The van der Waals surface area contributed by atoms with Crippen molar-refractivity contribution in [2.45, 2.75) is 31.3 Å². The fraction of sp³-hybridized carbons (Fsp3) is 0.259. The molecule has 0 aliphatic carbocycles. The van der Waals surface area contributed by atoms with Crippen LogP contribution < -0.4 is 10.6 Å². The van der Waals surface area contributed by atoms with Gasteiger partial charge in [-0.2, -0.15) is 0 Å². The van der Waals surface area contributed by atoms with Crippen LogP contribution >= 0.6 is 0 Å². The average molecular weight is 429 g/mol. The number of carbonyl (C=O) groups is 2. The monoisotopic (exact) mass is 428 g/mol. The second-order valence-corrected chi connectivity index (χ2v) is 8.02. The Morgan fingerprint density at radius 3 is 2.12 bits per heavy atom. The van der Waals surface area contributed by atoms with Gasteiger partial charge < -0.3 is 15.4 Å². The van der Waals surface area contributed by atoms with Gasteiger partial charge in [-0.05, 0) is 36.1 Å². The molecule has 0 spiro atoms. The van der Waals surface area contributed by atoms with Gasteiger partial charge in [-0.15, -0.1) is 0 Å². The van der Waals surface area contributed by atoms with E-state index in [0.717, 1.165) is 30.6 Å². The molecule has 2 N–H and O–H groups in total. The third-order valence-corrected chi connectivity index (χ3v) is 5.75. The van der Waals surface area contributed by atoms with E-state index in [1.807, 2.05) is 66.7 Å². The Bertz CT molecular complexity index is 992. The van der Waals surface area contributed by atoms with E-state index in [1.54, 1.807) is 18.2 Å². The Labute approximate surface area is 188 Å². The van der Waals surface area contributed by atoms with Gasteiger partial charge in [-0.1, -0.05) is 72.8 Å². The molecule has 5 heteroatoms. The van der Waals surface area contributed by atoms with Crippen LogP contribution in [0.1, 0.15) is 46.7 Å². The van der Waals surface area contributed by atoms with Crippen LogP contribution in [0.2, 0.25) is 0 Å². The lowest BCUT2D eigenvalue weighted by molar-refractivity contribution is -0.116. The van der Waals surface area contributed by atoms with Gasteiger partial charge in [0.1, 0.15) is 0 Å². The SMILES string of the molecule is O=C(CC(c1ccccc1)c1ccccc1)Nc1ccccc1C(=O)NCC1CCCO1. The predicted octanol–water partition coefficient (Wildman–Crippen LogP) is 4.76. The summed E-state index contributed by atoms with van der Waals surface area (Å²) in [5.74, 6) is -0.418. The van der Waals surface area contributed by atoms with Crippen LogP contribution in [0.15, 0.2) is 84.9 Å². The molecule has 1 unspecified atom stereocenters. The lowest BCUT2D eigenvalue weighted by Gasteiger charge is -2.19. The lowest BCUT2D eigenvalue weighted by atomic mass is 9.88. The Balaban J connectivity index is 1.46. The van der Waals surface area contributed by atoms with Crippen LogP contribution in [0.4, 0.5) is 5.69 Å². The maximum Gasteiger partial charge on any atom is 0.253 e. The molecule has 5 nitrogen and oxygen atoms in total. The number of ether oxygens (including phenoxy) is 1. The maximum atomic E-state index is 13.0. The van der Waals surface area contributed by atoms with Crippen LogP contribution in [0, 0.1) is 0 Å². The molecule has 0 aromatic heterocycles. The predicted molar refractivity (Wildman–Crippen MR) is 126 cm³/mol. The summed E-state index contributed by atoms with van der Waals surface area (Å²) in [6.45, 7) is 1.22. The highest BCUT2D eigenvalue weighted by Crippen LogP contribution is 2.28. The first-order valence-corrected chi connectivity index (χ1v) is 11.1. The molecule has 164 valence electrons. The number of benzene rings is 3. The lowest BCUT2D eigenvalue weighted by Crippen LogP contribution is -2.32. The van der Waals surface area contributed by atoms with Gasteiger partial charge in [0.2, 0.25) is 5.91 Å².